The minimum absolute atomic E-state index is 0.213. The third kappa shape index (κ3) is 3.11. The van der Waals surface area contributed by atoms with Crippen LogP contribution in [-0.2, 0) is 6.54 Å². The van der Waals surface area contributed by atoms with Gasteiger partial charge < -0.3 is 20.5 Å². The van der Waals surface area contributed by atoms with E-state index in [9.17, 15) is 15.0 Å². The first kappa shape index (κ1) is 13.1. The van der Waals surface area contributed by atoms with Crippen LogP contribution in [0.1, 0.15) is 12.6 Å². The second-order valence-electron chi connectivity index (χ2n) is 4.07. The molecule has 0 amide bonds. The maximum Gasteiger partial charge on any atom is 0.251 e. The fourth-order valence-corrected chi connectivity index (χ4v) is 1.66. The second-order valence-corrected chi connectivity index (χ2v) is 4.07. The first-order chi connectivity index (χ1) is 9.10. The van der Waals surface area contributed by atoms with Gasteiger partial charge in [-0.1, -0.05) is 6.92 Å². The highest BCUT2D eigenvalue weighted by molar-refractivity contribution is 5.60. The lowest BCUT2D eigenvalue weighted by Gasteiger charge is -2.06. The molecule has 2 rings (SSSR count). The summed E-state index contributed by atoms with van der Waals surface area (Å²) in [6.45, 7) is 3.24. The molecule has 0 atom stereocenters. The Balaban J connectivity index is 2.40. The Morgan fingerprint density at radius 1 is 1.26 bits per heavy atom. The highest BCUT2D eigenvalue weighted by atomic mass is 16.3. The number of nitrogens with one attached hydrogen (secondary N) is 2. The van der Waals surface area contributed by atoms with E-state index in [1.54, 1.807) is 6.07 Å². The third-order valence-electron chi connectivity index (χ3n) is 2.60. The molecule has 0 aliphatic rings. The summed E-state index contributed by atoms with van der Waals surface area (Å²) in [5, 5.41) is 21.8. The Morgan fingerprint density at radius 3 is 2.74 bits per heavy atom. The number of benzene rings is 1. The first-order valence-corrected chi connectivity index (χ1v) is 5.93. The van der Waals surface area contributed by atoms with Crippen LogP contribution in [0.2, 0.25) is 0 Å². The standard InChI is InChI=1S/C13H15N3O3/c1-2-14-7-9-6-12(19)16-13(15-9)8-3-4-10(17)11(18)5-8/h3-6,14,17-18H,2,7H2,1H3,(H,15,16,19). The number of aromatic hydroxyl groups is 2. The fraction of sp³-hybridized carbons (Fsp3) is 0.231. The van der Waals surface area contributed by atoms with Crippen LogP contribution < -0.4 is 10.9 Å². The van der Waals surface area contributed by atoms with Crippen LogP contribution in [0.3, 0.4) is 0 Å². The molecule has 1 aromatic carbocycles. The third-order valence-corrected chi connectivity index (χ3v) is 2.60. The Hall–Kier alpha value is -2.34. The molecule has 0 aliphatic heterocycles. The zero-order chi connectivity index (χ0) is 13.8. The van der Waals surface area contributed by atoms with Crippen molar-refractivity contribution < 1.29 is 10.2 Å². The molecule has 2 aromatic rings. The van der Waals surface area contributed by atoms with E-state index in [-0.39, 0.29) is 17.1 Å². The van der Waals surface area contributed by atoms with Crippen molar-refractivity contribution in [3.05, 3.63) is 40.3 Å². The molecule has 0 unspecified atom stereocenters. The normalized spacial score (nSPS) is 10.6. The lowest BCUT2D eigenvalue weighted by molar-refractivity contribution is 0.404. The molecule has 0 saturated heterocycles. The minimum Gasteiger partial charge on any atom is -0.504 e. The van der Waals surface area contributed by atoms with Gasteiger partial charge in [0.1, 0.15) is 5.82 Å². The summed E-state index contributed by atoms with van der Waals surface area (Å²) in [7, 11) is 0. The van der Waals surface area contributed by atoms with Crippen LogP contribution in [0.4, 0.5) is 0 Å². The molecule has 6 nitrogen and oxygen atoms in total. The van der Waals surface area contributed by atoms with E-state index in [4.69, 9.17) is 0 Å². The number of hydrogen-bond acceptors (Lipinski definition) is 5. The number of phenolic OH excluding ortho intramolecular Hbond substituents is 2. The van der Waals surface area contributed by atoms with Crippen LogP contribution in [-0.4, -0.2) is 26.7 Å². The quantitative estimate of drug-likeness (QED) is 0.614. The predicted molar refractivity (Wildman–Crippen MR) is 71.0 cm³/mol. The maximum absolute atomic E-state index is 11.6. The van der Waals surface area contributed by atoms with Crippen molar-refractivity contribution in [2.75, 3.05) is 6.54 Å². The number of hydrogen-bond donors (Lipinski definition) is 4. The van der Waals surface area contributed by atoms with Crippen molar-refractivity contribution in [2.45, 2.75) is 13.5 Å². The number of rotatable bonds is 4. The van der Waals surface area contributed by atoms with Crippen molar-refractivity contribution >= 4 is 0 Å². The van der Waals surface area contributed by atoms with E-state index in [0.717, 1.165) is 6.54 Å². The van der Waals surface area contributed by atoms with Gasteiger partial charge in [0, 0.05) is 18.2 Å². The SMILES string of the molecule is CCNCc1cc(=O)[nH]c(-c2ccc(O)c(O)c2)n1. The maximum atomic E-state index is 11.6. The smallest absolute Gasteiger partial charge is 0.251 e. The van der Waals surface area contributed by atoms with Crippen LogP contribution >= 0.6 is 0 Å². The van der Waals surface area contributed by atoms with Crippen LogP contribution in [0.5, 0.6) is 11.5 Å². The van der Waals surface area contributed by atoms with E-state index in [2.05, 4.69) is 15.3 Å². The molecule has 0 saturated carbocycles. The van der Waals surface area contributed by atoms with Crippen molar-refractivity contribution in [2.24, 2.45) is 0 Å². The van der Waals surface area contributed by atoms with E-state index >= 15 is 0 Å². The van der Waals surface area contributed by atoms with Crippen molar-refractivity contribution in [3.63, 3.8) is 0 Å². The minimum atomic E-state index is -0.259. The van der Waals surface area contributed by atoms with Gasteiger partial charge in [-0.25, -0.2) is 4.98 Å². The van der Waals surface area contributed by atoms with Crippen LogP contribution in [0, 0.1) is 0 Å². The summed E-state index contributed by atoms with van der Waals surface area (Å²) >= 11 is 0. The predicted octanol–water partition coefficient (Wildman–Crippen LogP) is 0.958. The molecule has 19 heavy (non-hydrogen) atoms. The number of aromatic nitrogens is 2. The van der Waals surface area contributed by atoms with E-state index in [1.807, 2.05) is 6.92 Å². The topological polar surface area (TPSA) is 98.2 Å². The lowest BCUT2D eigenvalue weighted by Crippen LogP contribution is -2.17. The van der Waals surface area contributed by atoms with Gasteiger partial charge in [-0.3, -0.25) is 4.79 Å². The Morgan fingerprint density at radius 2 is 2.05 bits per heavy atom. The average Bonchev–Trinajstić information content (AvgIpc) is 2.39. The summed E-state index contributed by atoms with van der Waals surface area (Å²) in [6.07, 6.45) is 0. The summed E-state index contributed by atoms with van der Waals surface area (Å²) in [6, 6.07) is 5.70. The van der Waals surface area contributed by atoms with Gasteiger partial charge in [0.25, 0.3) is 5.56 Å². The number of phenols is 2. The Labute approximate surface area is 109 Å². The molecule has 0 fully saturated rings. The Bertz CT molecular complexity index is 637. The second kappa shape index (κ2) is 5.53. The van der Waals surface area contributed by atoms with Gasteiger partial charge in [-0.05, 0) is 24.7 Å². The molecule has 0 bridgehead atoms. The summed E-state index contributed by atoms with van der Waals surface area (Å²) in [5.41, 5.74) is 0.893. The average molecular weight is 261 g/mol. The molecular weight excluding hydrogens is 246 g/mol. The molecule has 0 radical (unpaired) electrons. The summed E-state index contributed by atoms with van der Waals surface area (Å²) in [5.74, 6) is -0.108. The zero-order valence-corrected chi connectivity index (χ0v) is 10.5. The number of H-pyrrole nitrogens is 1. The zero-order valence-electron chi connectivity index (χ0n) is 10.5. The van der Waals surface area contributed by atoms with Crippen molar-refractivity contribution in [3.8, 4) is 22.9 Å². The number of aromatic amines is 1. The largest absolute Gasteiger partial charge is 0.504 e. The molecule has 6 heteroatoms. The van der Waals surface area contributed by atoms with Gasteiger partial charge >= 0.3 is 0 Å². The van der Waals surface area contributed by atoms with E-state index in [1.165, 1.54) is 18.2 Å². The highest BCUT2D eigenvalue weighted by Crippen LogP contribution is 2.28. The summed E-state index contributed by atoms with van der Waals surface area (Å²) in [4.78, 5) is 18.5. The molecular formula is C13H15N3O3. The monoisotopic (exact) mass is 261 g/mol. The van der Waals surface area contributed by atoms with E-state index < -0.39 is 0 Å². The highest BCUT2D eigenvalue weighted by Gasteiger charge is 2.07. The van der Waals surface area contributed by atoms with Gasteiger partial charge in [-0.2, -0.15) is 0 Å². The summed E-state index contributed by atoms with van der Waals surface area (Å²) < 4.78 is 0. The number of nitrogens with zero attached hydrogens (tertiary/aromatic N) is 1. The first-order valence-electron chi connectivity index (χ1n) is 5.93. The molecule has 0 aliphatic carbocycles. The molecule has 1 aromatic heterocycles. The van der Waals surface area contributed by atoms with Gasteiger partial charge in [-0.15, -0.1) is 0 Å². The Kier molecular flexibility index (Phi) is 3.82. The van der Waals surface area contributed by atoms with Crippen molar-refractivity contribution in [1.82, 2.24) is 15.3 Å². The van der Waals surface area contributed by atoms with Crippen LogP contribution in [0.15, 0.2) is 29.1 Å². The van der Waals surface area contributed by atoms with Gasteiger partial charge in [0.2, 0.25) is 0 Å². The van der Waals surface area contributed by atoms with Gasteiger partial charge in [0.05, 0.1) is 5.69 Å². The fourth-order valence-electron chi connectivity index (χ4n) is 1.66. The van der Waals surface area contributed by atoms with Gasteiger partial charge in [0.15, 0.2) is 11.5 Å². The van der Waals surface area contributed by atoms with Crippen molar-refractivity contribution in [1.29, 1.82) is 0 Å². The molecule has 0 spiro atoms. The molecule has 4 N–H and O–H groups in total. The van der Waals surface area contributed by atoms with Crippen LogP contribution in [0.25, 0.3) is 11.4 Å². The van der Waals surface area contributed by atoms with E-state index in [0.29, 0.717) is 23.6 Å². The molecule has 100 valence electrons. The molecule has 1 heterocycles. The lowest BCUT2D eigenvalue weighted by atomic mass is 10.2.